The fourth-order valence-corrected chi connectivity index (χ4v) is 1.75. The van der Waals surface area contributed by atoms with Crippen LogP contribution in [0, 0.1) is 0 Å². The monoisotopic (exact) mass is 296 g/mol. The second-order valence-corrected chi connectivity index (χ2v) is 4.52. The minimum atomic E-state index is 0.299. The Hall–Kier alpha value is -1.36. The first-order valence-electron chi connectivity index (χ1n) is 5.47. The first kappa shape index (κ1) is 12.1. The van der Waals surface area contributed by atoms with Crippen LogP contribution >= 0.6 is 15.9 Å². The molecule has 0 spiro atoms. The van der Waals surface area contributed by atoms with Crippen molar-refractivity contribution in [2.45, 2.75) is 26.4 Å². The molecule has 2 rings (SSSR count). The highest BCUT2D eigenvalue weighted by atomic mass is 79.9. The summed E-state index contributed by atoms with van der Waals surface area (Å²) in [6.45, 7) is 2.38. The van der Waals surface area contributed by atoms with Gasteiger partial charge in [-0.3, -0.25) is 0 Å². The Kier molecular flexibility index (Phi) is 4.14. The molecule has 1 heterocycles. The zero-order valence-corrected chi connectivity index (χ0v) is 11.1. The van der Waals surface area contributed by atoms with Gasteiger partial charge in [-0.25, -0.2) is 0 Å². The van der Waals surface area contributed by atoms with Crippen molar-refractivity contribution in [1.82, 2.24) is 10.1 Å². The maximum Gasteiger partial charge on any atom is 0.264 e. The maximum absolute atomic E-state index is 5.54. The van der Waals surface area contributed by atoms with Gasteiger partial charge in [-0.15, -0.1) is 0 Å². The molecule has 0 unspecified atom stereocenters. The van der Waals surface area contributed by atoms with Crippen LogP contribution < -0.4 is 4.74 Å². The summed E-state index contributed by atoms with van der Waals surface area (Å²) in [6.07, 6.45) is 1.84. The second kappa shape index (κ2) is 5.82. The average Bonchev–Trinajstić information content (AvgIpc) is 2.75. The molecular formula is C12H13BrN2O2. The van der Waals surface area contributed by atoms with Gasteiger partial charge in [0.25, 0.3) is 5.89 Å². The van der Waals surface area contributed by atoms with E-state index in [1.165, 1.54) is 0 Å². The first-order chi connectivity index (χ1) is 8.28. The minimum Gasteiger partial charge on any atom is -0.484 e. The van der Waals surface area contributed by atoms with Crippen LogP contribution in [0.1, 0.15) is 25.1 Å². The van der Waals surface area contributed by atoms with Gasteiger partial charge >= 0.3 is 0 Å². The van der Waals surface area contributed by atoms with Gasteiger partial charge in [-0.1, -0.05) is 34.1 Å². The molecule has 0 aliphatic carbocycles. The number of nitrogens with zero attached hydrogens (tertiary/aromatic N) is 2. The zero-order valence-electron chi connectivity index (χ0n) is 9.52. The van der Waals surface area contributed by atoms with Crippen molar-refractivity contribution in [3.8, 4) is 5.75 Å². The van der Waals surface area contributed by atoms with Gasteiger partial charge in [0.1, 0.15) is 5.75 Å². The van der Waals surface area contributed by atoms with Crippen LogP contribution in [0.25, 0.3) is 0 Å². The normalized spacial score (nSPS) is 10.5. The van der Waals surface area contributed by atoms with E-state index >= 15 is 0 Å². The summed E-state index contributed by atoms with van der Waals surface area (Å²) in [6, 6.07) is 7.63. The molecule has 0 saturated carbocycles. The number of aryl methyl sites for hydroxylation is 1. The Morgan fingerprint density at radius 1 is 1.41 bits per heavy atom. The number of hydrogen-bond acceptors (Lipinski definition) is 4. The Morgan fingerprint density at radius 3 is 3.06 bits per heavy atom. The SMILES string of the molecule is CCCc1noc(COc2cccc(Br)c2)n1. The molecule has 0 fully saturated rings. The summed E-state index contributed by atoms with van der Waals surface area (Å²) in [7, 11) is 0. The van der Waals surface area contributed by atoms with Gasteiger partial charge in [0.2, 0.25) is 0 Å². The third-order valence-electron chi connectivity index (χ3n) is 2.14. The summed E-state index contributed by atoms with van der Waals surface area (Å²) in [5.41, 5.74) is 0. The van der Waals surface area contributed by atoms with Gasteiger partial charge in [-0.2, -0.15) is 4.98 Å². The molecule has 0 radical (unpaired) electrons. The average molecular weight is 297 g/mol. The molecule has 0 N–H and O–H groups in total. The number of benzene rings is 1. The van der Waals surface area contributed by atoms with Gasteiger partial charge in [0, 0.05) is 10.9 Å². The Bertz CT molecular complexity index is 485. The number of halogens is 1. The quantitative estimate of drug-likeness (QED) is 0.849. The van der Waals surface area contributed by atoms with E-state index < -0.39 is 0 Å². The summed E-state index contributed by atoms with van der Waals surface area (Å²) < 4.78 is 11.6. The Balaban J connectivity index is 1.93. The van der Waals surface area contributed by atoms with Crippen LogP contribution in [0.4, 0.5) is 0 Å². The number of ether oxygens (including phenoxy) is 1. The van der Waals surface area contributed by atoms with Crippen molar-refractivity contribution in [3.05, 3.63) is 40.5 Å². The molecule has 90 valence electrons. The van der Waals surface area contributed by atoms with Crippen molar-refractivity contribution in [3.63, 3.8) is 0 Å². The van der Waals surface area contributed by atoms with Gasteiger partial charge in [0.05, 0.1) is 0 Å². The minimum absolute atomic E-state index is 0.299. The van der Waals surface area contributed by atoms with E-state index in [1.807, 2.05) is 24.3 Å². The molecule has 5 heteroatoms. The molecule has 4 nitrogen and oxygen atoms in total. The molecule has 0 aliphatic heterocycles. The van der Waals surface area contributed by atoms with Crippen molar-refractivity contribution < 1.29 is 9.26 Å². The van der Waals surface area contributed by atoms with E-state index in [4.69, 9.17) is 9.26 Å². The lowest BCUT2D eigenvalue weighted by Gasteiger charge is -2.02. The Labute approximate surface area is 108 Å². The number of hydrogen-bond donors (Lipinski definition) is 0. The smallest absolute Gasteiger partial charge is 0.264 e. The maximum atomic E-state index is 5.54. The van der Waals surface area contributed by atoms with E-state index in [2.05, 4.69) is 33.0 Å². The van der Waals surface area contributed by atoms with Crippen molar-refractivity contribution in [2.75, 3.05) is 0 Å². The lowest BCUT2D eigenvalue weighted by Crippen LogP contribution is -1.96. The lowest BCUT2D eigenvalue weighted by atomic mass is 10.3. The number of rotatable bonds is 5. The van der Waals surface area contributed by atoms with Crippen LogP contribution in [0.2, 0.25) is 0 Å². The van der Waals surface area contributed by atoms with Crippen LogP contribution in [-0.4, -0.2) is 10.1 Å². The number of aromatic nitrogens is 2. The predicted molar refractivity (Wildman–Crippen MR) is 66.8 cm³/mol. The lowest BCUT2D eigenvalue weighted by molar-refractivity contribution is 0.242. The van der Waals surface area contributed by atoms with Crippen molar-refractivity contribution >= 4 is 15.9 Å². The highest BCUT2D eigenvalue weighted by molar-refractivity contribution is 9.10. The molecule has 2 aromatic rings. The van der Waals surface area contributed by atoms with Crippen LogP contribution in [0.3, 0.4) is 0 Å². The highest BCUT2D eigenvalue weighted by Gasteiger charge is 2.06. The predicted octanol–water partition coefficient (Wildman–Crippen LogP) is 3.36. The molecule has 0 bridgehead atoms. The third kappa shape index (κ3) is 3.56. The molecule has 0 saturated heterocycles. The van der Waals surface area contributed by atoms with Crippen LogP contribution in [-0.2, 0) is 13.0 Å². The fourth-order valence-electron chi connectivity index (χ4n) is 1.38. The molecule has 1 aromatic heterocycles. The van der Waals surface area contributed by atoms with Crippen molar-refractivity contribution in [2.24, 2.45) is 0 Å². The molecule has 0 aliphatic rings. The van der Waals surface area contributed by atoms with E-state index in [0.717, 1.165) is 28.9 Å². The summed E-state index contributed by atoms with van der Waals surface area (Å²) in [5.74, 6) is 2.02. The zero-order chi connectivity index (χ0) is 12.1. The van der Waals surface area contributed by atoms with Crippen LogP contribution in [0.5, 0.6) is 5.75 Å². The fraction of sp³-hybridized carbons (Fsp3) is 0.333. The van der Waals surface area contributed by atoms with Gasteiger partial charge in [0.15, 0.2) is 12.4 Å². The van der Waals surface area contributed by atoms with Crippen molar-refractivity contribution in [1.29, 1.82) is 0 Å². The molecule has 0 atom stereocenters. The van der Waals surface area contributed by atoms with Crippen LogP contribution in [0.15, 0.2) is 33.3 Å². The molecular weight excluding hydrogens is 284 g/mol. The summed E-state index contributed by atoms with van der Waals surface area (Å²) >= 11 is 3.38. The topological polar surface area (TPSA) is 48.2 Å². The Morgan fingerprint density at radius 2 is 2.29 bits per heavy atom. The summed E-state index contributed by atoms with van der Waals surface area (Å²) in [4.78, 5) is 4.22. The van der Waals surface area contributed by atoms with E-state index in [-0.39, 0.29) is 0 Å². The highest BCUT2D eigenvalue weighted by Crippen LogP contribution is 2.18. The standard InChI is InChI=1S/C12H13BrN2O2/c1-2-4-11-14-12(17-15-11)8-16-10-6-3-5-9(13)7-10/h3,5-7H,2,4,8H2,1H3. The van der Waals surface area contributed by atoms with E-state index in [0.29, 0.717) is 12.5 Å². The largest absolute Gasteiger partial charge is 0.484 e. The third-order valence-corrected chi connectivity index (χ3v) is 2.64. The molecule has 0 amide bonds. The van der Waals surface area contributed by atoms with Gasteiger partial charge in [-0.05, 0) is 24.6 Å². The second-order valence-electron chi connectivity index (χ2n) is 3.60. The van der Waals surface area contributed by atoms with Gasteiger partial charge < -0.3 is 9.26 Å². The van der Waals surface area contributed by atoms with E-state index in [9.17, 15) is 0 Å². The molecule has 1 aromatic carbocycles. The molecule has 17 heavy (non-hydrogen) atoms. The van der Waals surface area contributed by atoms with E-state index in [1.54, 1.807) is 0 Å². The first-order valence-corrected chi connectivity index (χ1v) is 6.27. The summed E-state index contributed by atoms with van der Waals surface area (Å²) in [5, 5.41) is 3.86.